The molecule has 0 radical (unpaired) electrons. The highest BCUT2D eigenvalue weighted by molar-refractivity contribution is 8.27. The van der Waals surface area contributed by atoms with Gasteiger partial charge in [0.25, 0.3) is 5.92 Å². The largest absolute Gasteiger partial charge is 0.299 e. The molecule has 0 bridgehead atoms. The molecule has 5 nitrogen and oxygen atoms in total. The molecule has 0 atom stereocenters. The van der Waals surface area contributed by atoms with Crippen molar-refractivity contribution < 1.29 is 14.2 Å². The van der Waals surface area contributed by atoms with E-state index in [2.05, 4.69) is 0 Å². The topological polar surface area (TPSA) is 88.1 Å². The highest BCUT2D eigenvalue weighted by Crippen LogP contribution is 2.52. The molecule has 7 aromatic rings. The van der Waals surface area contributed by atoms with Gasteiger partial charge in [-0.25, -0.2) is 20.4 Å². The van der Waals surface area contributed by atoms with E-state index in [0.717, 1.165) is 27.8 Å². The summed E-state index contributed by atoms with van der Waals surface area (Å²) >= 11 is 1.18. The van der Waals surface area contributed by atoms with Crippen LogP contribution < -0.4 is 5.41 Å². The van der Waals surface area contributed by atoms with Crippen molar-refractivity contribution >= 4 is 21.8 Å². The van der Waals surface area contributed by atoms with Gasteiger partial charge in [0.15, 0.2) is 17.5 Å². The molecule has 0 fully saturated rings. The Hall–Kier alpha value is -6.12. The first kappa shape index (κ1) is 31.2. The van der Waals surface area contributed by atoms with Crippen LogP contribution in [-0.2, 0) is 5.92 Å². The number of alkyl halides is 2. The molecule has 1 aromatic heterocycles. The van der Waals surface area contributed by atoms with Gasteiger partial charge < -0.3 is 0 Å². The summed E-state index contributed by atoms with van der Waals surface area (Å²) in [7, 11) is 0. The lowest BCUT2D eigenvalue weighted by molar-refractivity contribution is -0.107. The maximum atomic E-state index is 16.3. The second kappa shape index (κ2) is 12.7. The van der Waals surface area contributed by atoms with Gasteiger partial charge in [0, 0.05) is 33.4 Å². The van der Waals surface area contributed by atoms with Crippen LogP contribution in [0.2, 0.25) is 0 Å². The minimum absolute atomic E-state index is 0.0465. The summed E-state index contributed by atoms with van der Waals surface area (Å²) in [5, 5.41) is 15.6. The van der Waals surface area contributed by atoms with Crippen LogP contribution in [0.15, 0.2) is 152 Å². The van der Waals surface area contributed by atoms with Gasteiger partial charge >= 0.3 is 0 Å². The molecule has 50 heavy (non-hydrogen) atoms. The van der Waals surface area contributed by atoms with Gasteiger partial charge in [-0.2, -0.15) is 8.78 Å². The van der Waals surface area contributed by atoms with E-state index < -0.39 is 5.92 Å². The molecule has 1 aliphatic rings. The zero-order valence-electron chi connectivity index (χ0n) is 26.5. The van der Waals surface area contributed by atoms with Gasteiger partial charge in [0.1, 0.15) is 5.04 Å². The summed E-state index contributed by atoms with van der Waals surface area (Å²) in [5.74, 6) is -1.98. The van der Waals surface area contributed by atoms with Crippen molar-refractivity contribution in [1.82, 2.24) is 15.0 Å². The molecule has 0 spiro atoms. The Morgan fingerprint density at radius 1 is 0.500 bits per heavy atom. The van der Waals surface area contributed by atoms with Crippen LogP contribution in [0.1, 0.15) is 22.3 Å². The number of nitrogens with one attached hydrogen (secondary N) is 1. The number of thioether (sulfide) groups is 1. The second-order valence-corrected chi connectivity index (χ2v) is 12.9. The number of hydrogen-bond acceptors (Lipinski definition) is 5. The van der Waals surface area contributed by atoms with Crippen LogP contribution in [0, 0.1) is 5.41 Å². The van der Waals surface area contributed by atoms with E-state index in [9.17, 15) is 0 Å². The predicted molar refractivity (Wildman–Crippen MR) is 197 cm³/mol. The van der Waals surface area contributed by atoms with Crippen LogP contribution in [0.5, 0.6) is 0 Å². The van der Waals surface area contributed by atoms with Crippen molar-refractivity contribution in [3.05, 3.63) is 174 Å². The normalized spacial score (nSPS) is 12.6. The van der Waals surface area contributed by atoms with Crippen molar-refractivity contribution in [2.24, 2.45) is 0 Å². The molecule has 8 rings (SSSR count). The molecule has 8 heteroatoms. The minimum atomic E-state index is -3.24. The van der Waals surface area contributed by atoms with Crippen molar-refractivity contribution in [2.75, 3.05) is 0 Å². The summed E-state index contributed by atoms with van der Waals surface area (Å²) in [6.07, 6.45) is 0. The Balaban J connectivity index is 1.10. The van der Waals surface area contributed by atoms with Crippen LogP contribution >= 0.6 is 11.8 Å². The molecule has 1 aliphatic carbocycles. The molecule has 0 aliphatic heterocycles. The summed E-state index contributed by atoms with van der Waals surface area (Å²) in [5.41, 5.74) is 5.94. The minimum Gasteiger partial charge on any atom is -0.293 e. The number of benzene rings is 6. The third kappa shape index (κ3) is 5.80. The number of hydrogen-bond donors (Lipinski definition) is 2. The van der Waals surface area contributed by atoms with Crippen molar-refractivity contribution in [3.8, 4) is 56.4 Å². The summed E-state index contributed by atoms with van der Waals surface area (Å²) in [6.45, 7) is 0. The quantitative estimate of drug-likeness (QED) is 0.136. The predicted octanol–water partition coefficient (Wildman–Crippen LogP) is 8.92. The smallest absolute Gasteiger partial charge is 0.293 e. The zero-order chi connectivity index (χ0) is 34.2. The van der Waals surface area contributed by atoms with Crippen LogP contribution in [-0.4, -0.2) is 25.0 Å². The Bertz CT molecular complexity index is 2340. The number of nitrogens with zero attached hydrogens (tertiary/aromatic N) is 3. The van der Waals surface area contributed by atoms with Gasteiger partial charge in [-0.3, -0.25) is 5.41 Å². The van der Waals surface area contributed by atoms with E-state index in [1.807, 2.05) is 121 Å². The molecule has 240 valence electrons. The first-order valence-electron chi connectivity index (χ1n) is 15.9. The van der Waals surface area contributed by atoms with E-state index in [1.54, 1.807) is 24.3 Å². The number of fused-ring (bicyclic) bond motifs is 3. The Kier molecular flexibility index (Phi) is 7.93. The molecule has 0 saturated carbocycles. The van der Waals surface area contributed by atoms with E-state index in [4.69, 9.17) is 25.8 Å². The molecule has 0 amide bonds. The Morgan fingerprint density at radius 2 is 0.940 bits per heavy atom. The summed E-state index contributed by atoms with van der Waals surface area (Å²) < 4.78 is 32.7. The molecular formula is C42H28F2N5S+. The highest BCUT2D eigenvalue weighted by Gasteiger charge is 2.44. The second-order valence-electron chi connectivity index (χ2n) is 11.9. The van der Waals surface area contributed by atoms with Gasteiger partial charge in [-0.05, 0) is 58.3 Å². The lowest BCUT2D eigenvalue weighted by Crippen LogP contribution is -2.38. The average Bonchev–Trinajstić information content (AvgIpc) is 3.40. The maximum absolute atomic E-state index is 16.3. The zero-order valence-corrected chi connectivity index (χ0v) is 27.3. The van der Waals surface area contributed by atoms with Crippen molar-refractivity contribution in [3.63, 3.8) is 0 Å². The van der Waals surface area contributed by atoms with E-state index in [1.165, 1.54) is 17.8 Å². The molecule has 0 unspecified atom stereocenters. The first-order chi connectivity index (χ1) is 24.3. The number of nitrogens with two attached hydrogens (primary N) is 1. The molecule has 6 aromatic carbocycles. The highest BCUT2D eigenvalue weighted by atomic mass is 32.2. The van der Waals surface area contributed by atoms with E-state index >= 15 is 8.78 Å². The van der Waals surface area contributed by atoms with Crippen molar-refractivity contribution in [1.29, 1.82) is 5.41 Å². The lowest BCUT2D eigenvalue weighted by Gasteiger charge is -2.14. The van der Waals surface area contributed by atoms with Crippen LogP contribution in [0.3, 0.4) is 0 Å². The van der Waals surface area contributed by atoms with Gasteiger partial charge in [0.05, 0.1) is 5.56 Å². The van der Waals surface area contributed by atoms with Gasteiger partial charge in [-0.1, -0.05) is 127 Å². The maximum Gasteiger partial charge on any atom is 0.299 e. The molecular weight excluding hydrogens is 645 g/mol. The lowest BCUT2D eigenvalue weighted by atomic mass is 9.98. The van der Waals surface area contributed by atoms with Crippen LogP contribution in [0.4, 0.5) is 8.78 Å². The van der Waals surface area contributed by atoms with Gasteiger partial charge in [0.2, 0.25) is 5.04 Å². The standard InChI is InChI=1S/C42H27F2N5S/c43-42(44)35-24-31(26-16-18-28(19-17-26)38(46)50-37(45)27-10-4-1-5-11-27)20-22-33(35)34-23-21-32(25-36(34)42)41-48-39(29-12-6-2-7-13-29)47-40(49-41)30-14-8-3-9-15-30/h1-25,45-46H/p+1. The summed E-state index contributed by atoms with van der Waals surface area (Å²) in [6, 6.07) is 46.2. The Labute approximate surface area is 291 Å². The molecule has 3 N–H and O–H groups in total. The summed E-state index contributed by atoms with van der Waals surface area (Å²) in [4.78, 5) is 14.2. The van der Waals surface area contributed by atoms with Crippen LogP contribution in [0.25, 0.3) is 56.4 Å². The number of aromatic nitrogens is 3. The number of halogens is 2. The Morgan fingerprint density at radius 3 is 1.48 bits per heavy atom. The average molecular weight is 673 g/mol. The fraction of sp³-hybridized carbons (Fsp3) is 0.0238. The third-order valence-electron chi connectivity index (χ3n) is 8.71. The van der Waals surface area contributed by atoms with Crippen molar-refractivity contribution in [2.45, 2.75) is 5.92 Å². The van der Waals surface area contributed by atoms with E-state index in [0.29, 0.717) is 49.8 Å². The van der Waals surface area contributed by atoms with E-state index in [-0.39, 0.29) is 11.1 Å². The van der Waals surface area contributed by atoms with Gasteiger partial charge in [-0.15, -0.1) is 0 Å². The molecule has 1 heterocycles. The SMILES string of the molecule is N=C(SC(=[NH2+])c1ccc(-c2ccc3c(c2)C(F)(F)c2cc(-c4nc(-c5ccccc5)nc(-c5ccccc5)n4)ccc2-3)cc1)c1ccccc1. The molecule has 0 saturated heterocycles. The monoisotopic (exact) mass is 672 g/mol. The fourth-order valence-corrected chi connectivity index (χ4v) is 6.85. The third-order valence-corrected chi connectivity index (χ3v) is 9.61. The fourth-order valence-electron chi connectivity index (χ4n) is 6.12. The first-order valence-corrected chi connectivity index (χ1v) is 16.8. The number of rotatable bonds is 6.